The Labute approximate surface area is 105 Å². The molecule has 0 radical (unpaired) electrons. The highest BCUT2D eigenvalue weighted by atomic mass is 16.2. The van der Waals surface area contributed by atoms with Crippen molar-refractivity contribution in [2.45, 2.75) is 6.42 Å². The minimum absolute atomic E-state index is 0.0302. The zero-order valence-electron chi connectivity index (χ0n) is 9.98. The van der Waals surface area contributed by atoms with Crippen LogP contribution in [0.5, 0.6) is 0 Å². The van der Waals surface area contributed by atoms with E-state index in [4.69, 9.17) is 11.5 Å². The molecule has 6 nitrogen and oxygen atoms in total. The van der Waals surface area contributed by atoms with Crippen LogP contribution in [0.3, 0.4) is 0 Å². The van der Waals surface area contributed by atoms with Crippen molar-refractivity contribution in [2.24, 2.45) is 0 Å². The summed E-state index contributed by atoms with van der Waals surface area (Å²) in [5.74, 6) is -0.178. The molecule has 1 aromatic carbocycles. The number of hydrogen-bond acceptors (Lipinski definition) is 4. The van der Waals surface area contributed by atoms with E-state index in [2.05, 4.69) is 5.32 Å². The van der Waals surface area contributed by atoms with Crippen molar-refractivity contribution >= 4 is 23.2 Å². The molecule has 0 saturated carbocycles. The highest BCUT2D eigenvalue weighted by molar-refractivity contribution is 5.96. The minimum atomic E-state index is -0.148. The van der Waals surface area contributed by atoms with Gasteiger partial charge in [0.2, 0.25) is 5.91 Å². The lowest BCUT2D eigenvalue weighted by molar-refractivity contribution is -0.120. The van der Waals surface area contributed by atoms with Gasteiger partial charge in [0.15, 0.2) is 0 Å². The molecule has 0 aliphatic carbocycles. The predicted octanol–water partition coefficient (Wildman–Crippen LogP) is -0.187. The standard InChI is InChI=1S/C12H16N4O2/c13-9-5-8(6-10(14)7-9)12(18)16-3-1-11(17)15-2-4-16/h5-7H,1-4,13-14H2,(H,15,17). The molecule has 2 rings (SSSR count). The van der Waals surface area contributed by atoms with E-state index in [1.54, 1.807) is 23.1 Å². The predicted molar refractivity (Wildman–Crippen MR) is 68.8 cm³/mol. The van der Waals surface area contributed by atoms with E-state index in [9.17, 15) is 9.59 Å². The lowest BCUT2D eigenvalue weighted by Crippen LogP contribution is -2.34. The second-order valence-corrected chi connectivity index (χ2v) is 4.28. The van der Waals surface area contributed by atoms with Crippen molar-refractivity contribution in [3.05, 3.63) is 23.8 Å². The molecule has 0 atom stereocenters. The van der Waals surface area contributed by atoms with Crippen LogP contribution in [-0.4, -0.2) is 36.3 Å². The van der Waals surface area contributed by atoms with Crippen LogP contribution < -0.4 is 16.8 Å². The maximum atomic E-state index is 12.2. The molecule has 0 unspecified atom stereocenters. The van der Waals surface area contributed by atoms with Crippen molar-refractivity contribution in [3.8, 4) is 0 Å². The van der Waals surface area contributed by atoms with Gasteiger partial charge in [0, 0.05) is 43.0 Å². The van der Waals surface area contributed by atoms with Crippen molar-refractivity contribution in [2.75, 3.05) is 31.1 Å². The van der Waals surface area contributed by atoms with E-state index in [-0.39, 0.29) is 11.8 Å². The molecule has 0 aromatic heterocycles. The van der Waals surface area contributed by atoms with Crippen molar-refractivity contribution in [1.29, 1.82) is 0 Å². The molecule has 6 heteroatoms. The first-order valence-electron chi connectivity index (χ1n) is 5.78. The van der Waals surface area contributed by atoms with E-state index < -0.39 is 0 Å². The van der Waals surface area contributed by atoms with Crippen LogP contribution in [0.25, 0.3) is 0 Å². The van der Waals surface area contributed by atoms with Crippen molar-refractivity contribution in [1.82, 2.24) is 10.2 Å². The number of hydrogen-bond donors (Lipinski definition) is 3. The number of benzene rings is 1. The average molecular weight is 248 g/mol. The van der Waals surface area contributed by atoms with Gasteiger partial charge in [-0.3, -0.25) is 9.59 Å². The van der Waals surface area contributed by atoms with Gasteiger partial charge in [-0.05, 0) is 18.2 Å². The van der Waals surface area contributed by atoms with Crippen LogP contribution >= 0.6 is 0 Å². The number of nitrogens with two attached hydrogens (primary N) is 2. The zero-order chi connectivity index (χ0) is 13.1. The first kappa shape index (κ1) is 12.2. The fraction of sp³-hybridized carbons (Fsp3) is 0.333. The maximum Gasteiger partial charge on any atom is 0.254 e. The van der Waals surface area contributed by atoms with Gasteiger partial charge in [-0.1, -0.05) is 0 Å². The molecule has 5 N–H and O–H groups in total. The normalized spacial score (nSPS) is 16.0. The molecule has 0 spiro atoms. The summed E-state index contributed by atoms with van der Waals surface area (Å²) in [4.78, 5) is 25.1. The van der Waals surface area contributed by atoms with Gasteiger partial charge < -0.3 is 21.7 Å². The SMILES string of the molecule is Nc1cc(N)cc(C(=O)N2CCNC(=O)CC2)c1. The third kappa shape index (κ3) is 2.71. The molecule has 1 saturated heterocycles. The summed E-state index contributed by atoms with van der Waals surface area (Å²) in [6.45, 7) is 1.39. The van der Waals surface area contributed by atoms with E-state index in [1.165, 1.54) is 0 Å². The molecule has 1 aliphatic heterocycles. The highest BCUT2D eigenvalue weighted by Crippen LogP contribution is 2.16. The summed E-state index contributed by atoms with van der Waals surface area (Å²) in [5.41, 5.74) is 12.7. The Kier molecular flexibility index (Phi) is 3.36. The number of nitrogen functional groups attached to an aromatic ring is 2. The van der Waals surface area contributed by atoms with Crippen LogP contribution in [0.2, 0.25) is 0 Å². The number of nitrogens with one attached hydrogen (secondary N) is 1. The van der Waals surface area contributed by atoms with Gasteiger partial charge in [-0.15, -0.1) is 0 Å². The Bertz CT molecular complexity index is 467. The maximum absolute atomic E-state index is 12.2. The van der Waals surface area contributed by atoms with Crippen molar-refractivity contribution in [3.63, 3.8) is 0 Å². The fourth-order valence-corrected chi connectivity index (χ4v) is 1.95. The summed E-state index contributed by atoms with van der Waals surface area (Å²) in [7, 11) is 0. The quantitative estimate of drug-likeness (QED) is 0.600. The molecule has 1 aliphatic rings. The molecule has 1 heterocycles. The second-order valence-electron chi connectivity index (χ2n) is 4.28. The summed E-state index contributed by atoms with van der Waals surface area (Å²) >= 11 is 0. The lowest BCUT2D eigenvalue weighted by Gasteiger charge is -2.19. The van der Waals surface area contributed by atoms with Crippen LogP contribution in [0.1, 0.15) is 16.8 Å². The minimum Gasteiger partial charge on any atom is -0.399 e. The average Bonchev–Trinajstić information content (AvgIpc) is 2.52. The van der Waals surface area contributed by atoms with Crippen LogP contribution in [0.4, 0.5) is 11.4 Å². The van der Waals surface area contributed by atoms with Gasteiger partial charge in [0.25, 0.3) is 5.91 Å². The molecule has 1 aromatic rings. The molecule has 96 valence electrons. The topological polar surface area (TPSA) is 101 Å². The second kappa shape index (κ2) is 4.95. The molecular weight excluding hydrogens is 232 g/mol. The molecule has 2 amide bonds. The summed E-state index contributed by atoms with van der Waals surface area (Å²) < 4.78 is 0. The number of rotatable bonds is 1. The molecule has 1 fully saturated rings. The Balaban J connectivity index is 2.17. The van der Waals surface area contributed by atoms with Crippen molar-refractivity contribution < 1.29 is 9.59 Å². The molecular formula is C12H16N4O2. The first-order chi connectivity index (χ1) is 8.56. The Morgan fingerprint density at radius 2 is 1.83 bits per heavy atom. The summed E-state index contributed by atoms with van der Waals surface area (Å²) in [6, 6.07) is 4.79. The Hall–Kier alpha value is -2.24. The van der Waals surface area contributed by atoms with Gasteiger partial charge in [-0.2, -0.15) is 0 Å². The van der Waals surface area contributed by atoms with E-state index >= 15 is 0 Å². The number of carbonyl (C=O) groups excluding carboxylic acids is 2. The van der Waals surface area contributed by atoms with Gasteiger partial charge in [-0.25, -0.2) is 0 Å². The van der Waals surface area contributed by atoms with Crippen LogP contribution in [0.15, 0.2) is 18.2 Å². The third-order valence-corrected chi connectivity index (χ3v) is 2.82. The smallest absolute Gasteiger partial charge is 0.254 e. The van der Waals surface area contributed by atoms with Gasteiger partial charge in [0.1, 0.15) is 0 Å². The van der Waals surface area contributed by atoms with Gasteiger partial charge in [0.05, 0.1) is 0 Å². The van der Waals surface area contributed by atoms with E-state index in [1.807, 2.05) is 0 Å². The number of carbonyl (C=O) groups is 2. The number of nitrogens with zero attached hydrogens (tertiary/aromatic N) is 1. The number of amides is 2. The lowest BCUT2D eigenvalue weighted by atomic mass is 10.1. The summed E-state index contributed by atoms with van der Waals surface area (Å²) in [6.07, 6.45) is 0.323. The van der Waals surface area contributed by atoms with Crippen LogP contribution in [0, 0.1) is 0 Å². The largest absolute Gasteiger partial charge is 0.399 e. The number of anilines is 2. The van der Waals surface area contributed by atoms with E-state index in [0.29, 0.717) is 43.0 Å². The van der Waals surface area contributed by atoms with Crippen LogP contribution in [-0.2, 0) is 4.79 Å². The molecule has 0 bridgehead atoms. The van der Waals surface area contributed by atoms with E-state index in [0.717, 1.165) is 0 Å². The first-order valence-corrected chi connectivity index (χ1v) is 5.78. The highest BCUT2D eigenvalue weighted by Gasteiger charge is 2.20. The fourth-order valence-electron chi connectivity index (χ4n) is 1.95. The summed E-state index contributed by atoms with van der Waals surface area (Å²) in [5, 5.41) is 2.72. The monoisotopic (exact) mass is 248 g/mol. The third-order valence-electron chi connectivity index (χ3n) is 2.82. The van der Waals surface area contributed by atoms with Gasteiger partial charge >= 0.3 is 0 Å². The zero-order valence-corrected chi connectivity index (χ0v) is 9.98. The molecule has 18 heavy (non-hydrogen) atoms. The Morgan fingerprint density at radius 3 is 2.50 bits per heavy atom. The Morgan fingerprint density at radius 1 is 1.17 bits per heavy atom.